The second-order valence-electron chi connectivity index (χ2n) is 7.62. The van der Waals surface area contributed by atoms with Gasteiger partial charge in [0.05, 0.1) is 27.4 Å². The van der Waals surface area contributed by atoms with Crippen LogP contribution >= 0.6 is 11.6 Å². The molecule has 0 bridgehead atoms. The standard InChI is InChI=1S/C25H19ClF3NO2S/c1-3-33(31,32)22-12-11-16(18-8-4-5-10-21(18)26)14-19(22)23-15(2)13-17-7-6-9-20(24(17)30-23)25(27,28)29/h4-14H,3H2,1-2H3. The second kappa shape index (κ2) is 8.47. The van der Waals surface area contributed by atoms with Gasteiger partial charge in [0.2, 0.25) is 0 Å². The minimum atomic E-state index is -4.60. The molecule has 33 heavy (non-hydrogen) atoms. The van der Waals surface area contributed by atoms with Crippen LogP contribution in [0.1, 0.15) is 18.1 Å². The molecule has 4 rings (SSSR count). The first kappa shape index (κ1) is 23.3. The van der Waals surface area contributed by atoms with E-state index in [1.807, 2.05) is 0 Å². The number of pyridine rings is 1. The van der Waals surface area contributed by atoms with Crippen molar-refractivity contribution in [3.63, 3.8) is 0 Å². The smallest absolute Gasteiger partial charge is 0.247 e. The fraction of sp³-hybridized carbons (Fsp3) is 0.160. The van der Waals surface area contributed by atoms with Crippen molar-refractivity contribution in [3.05, 3.63) is 82.9 Å². The van der Waals surface area contributed by atoms with Gasteiger partial charge in [-0.2, -0.15) is 13.2 Å². The van der Waals surface area contributed by atoms with Crippen LogP contribution < -0.4 is 0 Å². The molecular formula is C25H19ClF3NO2S. The van der Waals surface area contributed by atoms with E-state index in [0.29, 0.717) is 27.1 Å². The third kappa shape index (κ3) is 4.35. The molecule has 3 nitrogen and oxygen atoms in total. The zero-order valence-corrected chi connectivity index (χ0v) is 19.3. The molecule has 0 atom stereocenters. The normalized spacial score (nSPS) is 12.3. The Balaban J connectivity index is 2.07. The van der Waals surface area contributed by atoms with E-state index in [4.69, 9.17) is 11.6 Å². The Labute approximate surface area is 194 Å². The molecule has 0 radical (unpaired) electrons. The molecule has 0 saturated carbocycles. The number of rotatable bonds is 4. The van der Waals surface area contributed by atoms with Crippen molar-refractivity contribution in [1.82, 2.24) is 4.98 Å². The number of fused-ring (bicyclic) bond motifs is 1. The maximum atomic E-state index is 13.7. The van der Waals surface area contributed by atoms with E-state index in [1.165, 1.54) is 19.1 Å². The van der Waals surface area contributed by atoms with Crippen LogP contribution in [0.2, 0.25) is 5.02 Å². The van der Waals surface area contributed by atoms with E-state index in [0.717, 1.165) is 6.07 Å². The summed E-state index contributed by atoms with van der Waals surface area (Å²) in [5.41, 5.74) is 1.19. The van der Waals surface area contributed by atoms with Gasteiger partial charge in [-0.05, 0) is 48.4 Å². The minimum Gasteiger partial charge on any atom is -0.247 e. The van der Waals surface area contributed by atoms with E-state index >= 15 is 0 Å². The maximum absolute atomic E-state index is 13.7. The SMILES string of the molecule is CCS(=O)(=O)c1ccc(-c2ccccc2Cl)cc1-c1nc2c(C(F)(F)F)cccc2cc1C. The monoisotopic (exact) mass is 489 g/mol. The first-order valence-corrected chi connectivity index (χ1v) is 12.2. The molecule has 170 valence electrons. The highest BCUT2D eigenvalue weighted by Gasteiger charge is 2.33. The van der Waals surface area contributed by atoms with Gasteiger partial charge in [-0.15, -0.1) is 0 Å². The fourth-order valence-corrected chi connectivity index (χ4v) is 5.13. The number of hydrogen-bond acceptors (Lipinski definition) is 3. The average molecular weight is 490 g/mol. The number of hydrogen-bond donors (Lipinski definition) is 0. The number of halogens is 4. The van der Waals surface area contributed by atoms with Crippen LogP contribution in [0.3, 0.4) is 0 Å². The Morgan fingerprint density at radius 2 is 1.67 bits per heavy atom. The predicted octanol–water partition coefficient (Wildman–Crippen LogP) is 7.34. The van der Waals surface area contributed by atoms with Gasteiger partial charge in [0.25, 0.3) is 0 Å². The lowest BCUT2D eigenvalue weighted by Gasteiger charge is -2.16. The Bertz CT molecular complexity index is 1480. The Kier molecular flexibility index (Phi) is 5.97. The summed E-state index contributed by atoms with van der Waals surface area (Å²) in [6, 6.07) is 17.3. The Hall–Kier alpha value is -2.90. The molecule has 0 spiro atoms. The number of para-hydroxylation sites is 1. The summed E-state index contributed by atoms with van der Waals surface area (Å²) >= 11 is 6.34. The van der Waals surface area contributed by atoms with E-state index in [2.05, 4.69) is 4.98 Å². The molecule has 0 fully saturated rings. The summed E-state index contributed by atoms with van der Waals surface area (Å²) in [4.78, 5) is 4.37. The fourth-order valence-electron chi connectivity index (χ4n) is 3.81. The van der Waals surface area contributed by atoms with E-state index < -0.39 is 21.6 Å². The van der Waals surface area contributed by atoms with Gasteiger partial charge >= 0.3 is 6.18 Å². The summed E-state index contributed by atoms with van der Waals surface area (Å²) < 4.78 is 66.7. The molecule has 0 N–H and O–H groups in total. The summed E-state index contributed by atoms with van der Waals surface area (Å²) in [6.07, 6.45) is -4.60. The molecule has 0 unspecified atom stereocenters. The molecule has 0 amide bonds. The highest BCUT2D eigenvalue weighted by atomic mass is 35.5. The van der Waals surface area contributed by atoms with E-state index in [9.17, 15) is 21.6 Å². The number of aryl methyl sites for hydroxylation is 1. The van der Waals surface area contributed by atoms with E-state index in [-0.39, 0.29) is 27.4 Å². The second-order valence-corrected chi connectivity index (χ2v) is 10.3. The largest absolute Gasteiger partial charge is 0.418 e. The van der Waals surface area contributed by atoms with Crippen LogP contribution in [0.4, 0.5) is 13.2 Å². The molecule has 0 aliphatic heterocycles. The molecule has 0 aliphatic carbocycles. The number of alkyl halides is 3. The summed E-state index contributed by atoms with van der Waals surface area (Å²) in [7, 11) is -3.69. The van der Waals surface area contributed by atoms with Gasteiger partial charge in [-0.1, -0.05) is 54.9 Å². The van der Waals surface area contributed by atoms with Crippen LogP contribution in [-0.2, 0) is 16.0 Å². The van der Waals surface area contributed by atoms with Gasteiger partial charge in [-0.25, -0.2) is 13.4 Å². The zero-order chi connectivity index (χ0) is 24.0. The lowest BCUT2D eigenvalue weighted by Crippen LogP contribution is -2.09. The van der Waals surface area contributed by atoms with Gasteiger partial charge in [0.15, 0.2) is 9.84 Å². The van der Waals surface area contributed by atoms with Crippen molar-refractivity contribution in [1.29, 1.82) is 0 Å². The van der Waals surface area contributed by atoms with Crippen molar-refractivity contribution in [2.45, 2.75) is 24.9 Å². The third-order valence-electron chi connectivity index (χ3n) is 5.48. The predicted molar refractivity (Wildman–Crippen MR) is 125 cm³/mol. The molecule has 1 aromatic heterocycles. The Morgan fingerprint density at radius 3 is 2.33 bits per heavy atom. The molecule has 0 aliphatic rings. The molecule has 4 aromatic rings. The van der Waals surface area contributed by atoms with Crippen LogP contribution in [0.15, 0.2) is 71.6 Å². The summed E-state index contributed by atoms with van der Waals surface area (Å²) in [5.74, 6) is -0.161. The summed E-state index contributed by atoms with van der Waals surface area (Å²) in [6.45, 7) is 3.22. The average Bonchev–Trinajstić information content (AvgIpc) is 2.77. The highest BCUT2D eigenvalue weighted by Crippen LogP contribution is 2.39. The molecular weight excluding hydrogens is 471 g/mol. The lowest BCUT2D eigenvalue weighted by atomic mass is 9.98. The van der Waals surface area contributed by atoms with Crippen molar-refractivity contribution >= 4 is 32.3 Å². The van der Waals surface area contributed by atoms with Crippen LogP contribution in [0.25, 0.3) is 33.3 Å². The molecule has 0 saturated heterocycles. The van der Waals surface area contributed by atoms with Crippen molar-refractivity contribution in [2.75, 3.05) is 5.75 Å². The van der Waals surface area contributed by atoms with Crippen LogP contribution in [0, 0.1) is 6.92 Å². The van der Waals surface area contributed by atoms with Gasteiger partial charge in [-0.3, -0.25) is 0 Å². The molecule has 8 heteroatoms. The Morgan fingerprint density at radius 1 is 0.939 bits per heavy atom. The van der Waals surface area contributed by atoms with Crippen LogP contribution in [-0.4, -0.2) is 19.2 Å². The van der Waals surface area contributed by atoms with Gasteiger partial charge in [0, 0.05) is 21.5 Å². The summed E-state index contributed by atoms with van der Waals surface area (Å²) in [5, 5.41) is 0.797. The van der Waals surface area contributed by atoms with Crippen molar-refractivity contribution < 1.29 is 21.6 Å². The topological polar surface area (TPSA) is 47.0 Å². The van der Waals surface area contributed by atoms with E-state index in [1.54, 1.807) is 55.5 Å². The van der Waals surface area contributed by atoms with Crippen molar-refractivity contribution in [2.24, 2.45) is 0 Å². The molecule has 1 heterocycles. The first-order chi connectivity index (χ1) is 15.5. The third-order valence-corrected chi connectivity index (χ3v) is 7.59. The number of aromatic nitrogens is 1. The lowest BCUT2D eigenvalue weighted by molar-refractivity contribution is -0.136. The number of benzene rings is 3. The van der Waals surface area contributed by atoms with Gasteiger partial charge in [0.1, 0.15) is 0 Å². The first-order valence-electron chi connectivity index (χ1n) is 10.1. The maximum Gasteiger partial charge on any atom is 0.418 e. The molecule has 3 aromatic carbocycles. The number of nitrogens with zero attached hydrogens (tertiary/aromatic N) is 1. The highest BCUT2D eigenvalue weighted by molar-refractivity contribution is 7.91. The van der Waals surface area contributed by atoms with Crippen molar-refractivity contribution in [3.8, 4) is 22.4 Å². The zero-order valence-electron chi connectivity index (χ0n) is 17.7. The van der Waals surface area contributed by atoms with Gasteiger partial charge < -0.3 is 0 Å². The van der Waals surface area contributed by atoms with Crippen LogP contribution in [0.5, 0.6) is 0 Å². The number of sulfone groups is 1. The minimum absolute atomic E-state index is 0.0141. The quantitative estimate of drug-likeness (QED) is 0.301.